The third kappa shape index (κ3) is 6.55. The molecule has 2 rings (SSSR count). The van der Waals surface area contributed by atoms with Gasteiger partial charge < -0.3 is 19.4 Å². The van der Waals surface area contributed by atoms with E-state index in [2.05, 4.69) is 20.3 Å². The van der Waals surface area contributed by atoms with E-state index in [0.717, 1.165) is 0 Å². The Bertz CT molecular complexity index is 904. The van der Waals surface area contributed by atoms with E-state index < -0.39 is 11.0 Å². The fourth-order valence-electron chi connectivity index (χ4n) is 2.76. The highest BCUT2D eigenvalue weighted by atomic mass is 35.5. The number of aryl methyl sites for hydroxylation is 1. The predicted molar refractivity (Wildman–Crippen MR) is 114 cm³/mol. The Kier molecular flexibility index (Phi) is 7.63. The number of carbonyl (C=O) groups excluding carboxylic acids is 2. The van der Waals surface area contributed by atoms with Crippen LogP contribution in [-0.4, -0.2) is 50.7 Å². The lowest BCUT2D eigenvalue weighted by molar-refractivity contribution is -0.159. The van der Waals surface area contributed by atoms with E-state index in [1.807, 2.05) is 34.6 Å². The largest absolute Gasteiger partial charge is 0.465 e. The predicted octanol–water partition coefficient (Wildman–Crippen LogP) is 3.60. The van der Waals surface area contributed by atoms with Gasteiger partial charge in [-0.3, -0.25) is 9.59 Å². The lowest BCUT2D eigenvalue weighted by atomic mass is 9.97. The van der Waals surface area contributed by atoms with Crippen LogP contribution in [0.15, 0.2) is 6.33 Å². The number of rotatable bonds is 9. The van der Waals surface area contributed by atoms with Crippen LogP contribution in [0.2, 0.25) is 5.28 Å². The number of ether oxygens (including phenoxy) is 2. The standard InChI is InChI=1S/C20H30ClN5O4/c1-19(2,3)17(28)29-11-7-9-20(4,5)30-13(27)8-10-26-12-23-14-15(22-6)24-18(21)25-16(14)26/h12H,7-11H2,1-6H3,(H,22,24,25). The summed E-state index contributed by atoms with van der Waals surface area (Å²) in [7, 11) is 1.72. The van der Waals surface area contributed by atoms with Gasteiger partial charge in [-0.1, -0.05) is 0 Å². The lowest BCUT2D eigenvalue weighted by Gasteiger charge is -2.25. The zero-order valence-corrected chi connectivity index (χ0v) is 19.2. The first kappa shape index (κ1) is 23.9. The van der Waals surface area contributed by atoms with Crippen molar-refractivity contribution in [2.24, 2.45) is 5.41 Å². The Balaban J connectivity index is 1.84. The topological polar surface area (TPSA) is 108 Å². The first-order chi connectivity index (χ1) is 13.9. The maximum atomic E-state index is 12.3. The molecule has 0 unspecified atom stereocenters. The average molecular weight is 440 g/mol. The van der Waals surface area contributed by atoms with Gasteiger partial charge in [-0.05, 0) is 59.1 Å². The molecule has 0 aliphatic carbocycles. The summed E-state index contributed by atoms with van der Waals surface area (Å²) in [6.45, 7) is 9.76. The number of nitrogens with one attached hydrogen (secondary N) is 1. The van der Waals surface area contributed by atoms with E-state index in [0.29, 0.717) is 43.0 Å². The summed E-state index contributed by atoms with van der Waals surface area (Å²) >= 11 is 5.96. The van der Waals surface area contributed by atoms with E-state index >= 15 is 0 Å². The molecule has 0 saturated carbocycles. The molecule has 166 valence electrons. The Labute approximate surface area is 181 Å². The van der Waals surface area contributed by atoms with Crippen LogP contribution >= 0.6 is 11.6 Å². The van der Waals surface area contributed by atoms with Crippen molar-refractivity contribution >= 4 is 40.5 Å². The molecule has 30 heavy (non-hydrogen) atoms. The minimum absolute atomic E-state index is 0.101. The number of anilines is 1. The van der Waals surface area contributed by atoms with Crippen molar-refractivity contribution in [2.75, 3.05) is 19.0 Å². The van der Waals surface area contributed by atoms with E-state index in [1.165, 1.54) is 0 Å². The summed E-state index contributed by atoms with van der Waals surface area (Å²) in [5.41, 5.74) is -0.0530. The molecule has 0 atom stereocenters. The van der Waals surface area contributed by atoms with Gasteiger partial charge in [-0.25, -0.2) is 4.98 Å². The Hall–Kier alpha value is -2.42. The maximum absolute atomic E-state index is 12.3. The summed E-state index contributed by atoms with van der Waals surface area (Å²) in [5, 5.41) is 3.03. The van der Waals surface area contributed by atoms with Crippen LogP contribution in [0.3, 0.4) is 0 Å². The number of hydrogen-bond donors (Lipinski definition) is 1. The summed E-state index contributed by atoms with van der Waals surface area (Å²) in [6.07, 6.45) is 2.94. The van der Waals surface area contributed by atoms with E-state index in [9.17, 15) is 9.59 Å². The third-order valence-electron chi connectivity index (χ3n) is 4.39. The molecule has 1 N–H and O–H groups in total. The van der Waals surface area contributed by atoms with Gasteiger partial charge in [0.25, 0.3) is 0 Å². The number of nitrogens with zero attached hydrogens (tertiary/aromatic N) is 4. The van der Waals surface area contributed by atoms with Crippen LogP contribution in [0.4, 0.5) is 5.82 Å². The molecule has 0 amide bonds. The molecule has 0 saturated heterocycles. The number of imidazole rings is 1. The summed E-state index contributed by atoms with van der Waals surface area (Å²) in [4.78, 5) is 36.7. The van der Waals surface area contributed by atoms with Gasteiger partial charge in [0.1, 0.15) is 5.60 Å². The maximum Gasteiger partial charge on any atom is 0.311 e. The van der Waals surface area contributed by atoms with Gasteiger partial charge in [-0.15, -0.1) is 0 Å². The summed E-state index contributed by atoms with van der Waals surface area (Å²) < 4.78 is 12.6. The monoisotopic (exact) mass is 439 g/mol. The van der Waals surface area contributed by atoms with Gasteiger partial charge in [0.05, 0.1) is 24.8 Å². The molecule has 10 heteroatoms. The molecule has 0 spiro atoms. The number of fused-ring (bicyclic) bond motifs is 1. The molecule has 9 nitrogen and oxygen atoms in total. The molecule has 0 radical (unpaired) electrons. The Morgan fingerprint density at radius 1 is 1.20 bits per heavy atom. The van der Waals surface area contributed by atoms with Crippen molar-refractivity contribution < 1.29 is 19.1 Å². The second-order valence-electron chi connectivity index (χ2n) is 8.67. The number of aromatic nitrogens is 4. The Morgan fingerprint density at radius 3 is 2.53 bits per heavy atom. The van der Waals surface area contributed by atoms with Crippen molar-refractivity contribution in [1.29, 1.82) is 0 Å². The minimum Gasteiger partial charge on any atom is -0.465 e. The summed E-state index contributed by atoms with van der Waals surface area (Å²) in [5.74, 6) is -0.0441. The van der Waals surface area contributed by atoms with Gasteiger partial charge in [0.15, 0.2) is 17.0 Å². The van der Waals surface area contributed by atoms with Gasteiger partial charge in [-0.2, -0.15) is 9.97 Å². The van der Waals surface area contributed by atoms with Gasteiger partial charge in [0.2, 0.25) is 5.28 Å². The van der Waals surface area contributed by atoms with Crippen molar-refractivity contribution in [3.05, 3.63) is 11.6 Å². The minimum atomic E-state index is -0.660. The molecule has 0 fully saturated rings. The fourth-order valence-corrected chi connectivity index (χ4v) is 2.92. The SMILES string of the molecule is CNc1nc(Cl)nc2c1ncn2CCC(=O)OC(C)(C)CCCOC(=O)C(C)(C)C. The number of esters is 2. The van der Waals surface area contributed by atoms with Crippen molar-refractivity contribution in [1.82, 2.24) is 19.5 Å². The number of hydrogen-bond acceptors (Lipinski definition) is 8. The van der Waals surface area contributed by atoms with Crippen LogP contribution in [0, 0.1) is 5.41 Å². The first-order valence-corrected chi connectivity index (χ1v) is 10.3. The quantitative estimate of drug-likeness (QED) is 0.358. The average Bonchev–Trinajstić information content (AvgIpc) is 3.04. The first-order valence-electron chi connectivity index (χ1n) is 9.88. The molecular formula is C20H30ClN5O4. The molecule has 2 aromatic rings. The highest BCUT2D eigenvalue weighted by Gasteiger charge is 2.25. The molecule has 0 bridgehead atoms. The fraction of sp³-hybridized carbons (Fsp3) is 0.650. The third-order valence-corrected chi connectivity index (χ3v) is 4.56. The molecule has 0 aliphatic heterocycles. The van der Waals surface area contributed by atoms with Crippen LogP contribution < -0.4 is 5.32 Å². The lowest BCUT2D eigenvalue weighted by Crippen LogP contribution is -2.29. The van der Waals surface area contributed by atoms with Crippen LogP contribution in [0.25, 0.3) is 11.2 Å². The summed E-state index contributed by atoms with van der Waals surface area (Å²) in [6, 6.07) is 0. The van der Waals surface area contributed by atoms with Crippen molar-refractivity contribution in [3.8, 4) is 0 Å². The smallest absolute Gasteiger partial charge is 0.311 e. The molecular weight excluding hydrogens is 410 g/mol. The highest BCUT2D eigenvalue weighted by molar-refractivity contribution is 6.28. The molecule has 2 aromatic heterocycles. The van der Waals surface area contributed by atoms with Crippen LogP contribution in [0.5, 0.6) is 0 Å². The number of carbonyl (C=O) groups is 2. The van der Waals surface area contributed by atoms with Crippen molar-refractivity contribution in [2.45, 2.75) is 66.0 Å². The van der Waals surface area contributed by atoms with Crippen molar-refractivity contribution in [3.63, 3.8) is 0 Å². The van der Waals surface area contributed by atoms with Crippen LogP contribution in [0.1, 0.15) is 53.9 Å². The Morgan fingerprint density at radius 2 is 1.90 bits per heavy atom. The molecule has 2 heterocycles. The second-order valence-corrected chi connectivity index (χ2v) is 9.01. The molecule has 0 aromatic carbocycles. The normalized spacial score (nSPS) is 12.1. The van der Waals surface area contributed by atoms with E-state index in [1.54, 1.807) is 17.9 Å². The zero-order chi connectivity index (χ0) is 22.5. The molecule has 0 aliphatic rings. The zero-order valence-electron chi connectivity index (χ0n) is 18.4. The van der Waals surface area contributed by atoms with E-state index in [4.69, 9.17) is 21.1 Å². The van der Waals surface area contributed by atoms with Gasteiger partial charge >= 0.3 is 11.9 Å². The van der Waals surface area contributed by atoms with Gasteiger partial charge in [0, 0.05) is 13.6 Å². The van der Waals surface area contributed by atoms with Crippen LogP contribution in [-0.2, 0) is 25.6 Å². The second kappa shape index (κ2) is 9.59. The van der Waals surface area contributed by atoms with E-state index in [-0.39, 0.29) is 23.6 Å². The number of halogens is 1. The highest BCUT2D eigenvalue weighted by Crippen LogP contribution is 2.22.